The van der Waals surface area contributed by atoms with Crippen molar-refractivity contribution >= 4 is 17.0 Å². The predicted molar refractivity (Wildman–Crippen MR) is 160 cm³/mol. The second kappa shape index (κ2) is 9.72. The molecular weight excluding hydrogens is 528 g/mol. The Morgan fingerprint density at radius 1 is 1.02 bits per heavy atom. The highest BCUT2D eigenvalue weighted by Gasteiger charge is 2.51. The van der Waals surface area contributed by atoms with Crippen molar-refractivity contribution in [2.45, 2.75) is 56.7 Å². The first-order chi connectivity index (χ1) is 20.5. The zero-order chi connectivity index (χ0) is 28.5. The number of rotatable bonds is 5. The van der Waals surface area contributed by atoms with Crippen LogP contribution in [0.4, 0.5) is 5.95 Å². The molecule has 4 aromatic rings. The first-order valence-electron chi connectivity index (χ1n) is 15.2. The standard InChI is InChI=1S/C32H38N8O2/c1-20-28-24-13-26(23-5-3-4-6-27(23)41)37-38-29(24)36-25(28)7-10-40(20)30-34-16-21(17-35-30)32(42-2)8-11-39(12-9-32)22-14-31(15-22)18-33-19-31/h3-6,13,16-17,20,22,33,41H,7-12,14-15,18-19H2,1-2H3,(H,36,38)/t20-/m1/s1. The number of hydrogen-bond acceptors (Lipinski definition) is 9. The van der Waals surface area contributed by atoms with Gasteiger partial charge >= 0.3 is 0 Å². The number of benzene rings is 1. The minimum absolute atomic E-state index is 0.0473. The van der Waals surface area contributed by atoms with Gasteiger partial charge in [0, 0.05) is 92.5 Å². The average molecular weight is 567 g/mol. The Morgan fingerprint density at radius 2 is 1.79 bits per heavy atom. The van der Waals surface area contributed by atoms with E-state index in [1.807, 2.05) is 43.8 Å². The van der Waals surface area contributed by atoms with Crippen molar-refractivity contribution in [1.29, 1.82) is 0 Å². The Hall–Kier alpha value is -3.60. The van der Waals surface area contributed by atoms with E-state index in [-0.39, 0.29) is 17.4 Å². The van der Waals surface area contributed by atoms with Crippen LogP contribution < -0.4 is 10.2 Å². The van der Waals surface area contributed by atoms with E-state index < -0.39 is 0 Å². The molecule has 3 aromatic heterocycles. The molecule has 218 valence electrons. The van der Waals surface area contributed by atoms with Gasteiger partial charge in [0.15, 0.2) is 5.65 Å². The van der Waals surface area contributed by atoms with E-state index in [1.165, 1.54) is 37.2 Å². The Balaban J connectivity index is 1.01. The first kappa shape index (κ1) is 26.1. The molecule has 2 saturated heterocycles. The number of hydrogen-bond donors (Lipinski definition) is 3. The summed E-state index contributed by atoms with van der Waals surface area (Å²) in [7, 11) is 1.83. The van der Waals surface area contributed by atoms with Crippen molar-refractivity contribution in [3.05, 3.63) is 59.5 Å². The molecule has 1 aliphatic carbocycles. The number of para-hydroxylation sites is 1. The number of likely N-dealkylation sites (tertiary alicyclic amines) is 1. The van der Waals surface area contributed by atoms with Gasteiger partial charge < -0.3 is 29.9 Å². The molecular formula is C32H38N8O2. The Kier molecular flexibility index (Phi) is 6.03. The maximum atomic E-state index is 10.4. The van der Waals surface area contributed by atoms with E-state index in [2.05, 4.69) is 37.2 Å². The van der Waals surface area contributed by atoms with Crippen molar-refractivity contribution in [1.82, 2.24) is 35.4 Å². The topological polar surface area (TPSA) is 115 Å². The van der Waals surface area contributed by atoms with E-state index >= 15 is 0 Å². The molecule has 1 aromatic carbocycles. The Bertz CT molecular complexity index is 1620. The van der Waals surface area contributed by atoms with E-state index in [9.17, 15) is 5.11 Å². The quantitative estimate of drug-likeness (QED) is 0.330. The summed E-state index contributed by atoms with van der Waals surface area (Å²) in [6, 6.07) is 10.0. The third-order valence-corrected chi connectivity index (χ3v) is 10.6. The summed E-state index contributed by atoms with van der Waals surface area (Å²) in [6.07, 6.45) is 9.42. The molecule has 0 bridgehead atoms. The van der Waals surface area contributed by atoms with Gasteiger partial charge in [-0.15, -0.1) is 10.2 Å². The lowest BCUT2D eigenvalue weighted by molar-refractivity contribution is -0.0993. The minimum atomic E-state index is -0.329. The number of fused-ring (bicyclic) bond motifs is 3. The number of anilines is 1. The van der Waals surface area contributed by atoms with Crippen LogP contribution in [0, 0.1) is 5.41 Å². The number of aromatic hydroxyl groups is 1. The van der Waals surface area contributed by atoms with Crippen LogP contribution in [0.25, 0.3) is 22.3 Å². The van der Waals surface area contributed by atoms with E-state index in [1.54, 1.807) is 6.07 Å². The lowest BCUT2D eigenvalue weighted by atomic mass is 9.61. The molecule has 6 heterocycles. The Labute approximate surface area is 245 Å². The lowest BCUT2D eigenvalue weighted by Gasteiger charge is -2.58. The molecule has 0 amide bonds. The van der Waals surface area contributed by atoms with Crippen molar-refractivity contribution in [3.63, 3.8) is 0 Å². The van der Waals surface area contributed by atoms with Gasteiger partial charge in [0.1, 0.15) is 5.75 Å². The molecule has 0 radical (unpaired) electrons. The third kappa shape index (κ3) is 4.03. The van der Waals surface area contributed by atoms with Crippen LogP contribution in [0.5, 0.6) is 5.75 Å². The average Bonchev–Trinajstić information content (AvgIpc) is 3.35. The number of nitrogens with one attached hydrogen (secondary N) is 2. The summed E-state index contributed by atoms with van der Waals surface area (Å²) in [6.45, 7) is 7.52. The van der Waals surface area contributed by atoms with Crippen LogP contribution >= 0.6 is 0 Å². The molecule has 10 heteroatoms. The minimum Gasteiger partial charge on any atom is -0.507 e. The zero-order valence-electron chi connectivity index (χ0n) is 24.3. The summed E-state index contributed by atoms with van der Waals surface area (Å²) in [5.41, 5.74) is 5.79. The van der Waals surface area contributed by atoms with E-state index in [0.29, 0.717) is 16.7 Å². The number of phenolic OH excluding ortho intramolecular Hbond substituents is 1. The summed E-state index contributed by atoms with van der Waals surface area (Å²) >= 11 is 0. The SMILES string of the molecule is COC1(c2cnc(N3CCc4[nH]c5nnc(-c6ccccc6O)cc5c4[C@H]3C)nc2)CCN(C2CC3(CNC3)C2)CC1. The van der Waals surface area contributed by atoms with Gasteiger partial charge in [-0.05, 0) is 56.2 Å². The number of phenols is 1. The molecule has 1 spiro atoms. The van der Waals surface area contributed by atoms with Gasteiger partial charge in [-0.25, -0.2) is 9.97 Å². The maximum Gasteiger partial charge on any atom is 0.225 e. The molecule has 0 unspecified atom stereocenters. The number of piperidine rings is 1. The molecule has 1 atom stereocenters. The zero-order valence-corrected chi connectivity index (χ0v) is 24.3. The number of ether oxygens (including phenoxy) is 1. The van der Waals surface area contributed by atoms with Crippen LogP contribution in [-0.4, -0.2) is 81.0 Å². The van der Waals surface area contributed by atoms with Gasteiger partial charge in [-0.2, -0.15) is 0 Å². The van der Waals surface area contributed by atoms with Gasteiger partial charge in [0.25, 0.3) is 0 Å². The van der Waals surface area contributed by atoms with Crippen molar-refractivity contribution in [2.24, 2.45) is 5.41 Å². The van der Waals surface area contributed by atoms with Crippen molar-refractivity contribution in [2.75, 3.05) is 44.7 Å². The molecule has 3 fully saturated rings. The van der Waals surface area contributed by atoms with Gasteiger partial charge in [-0.3, -0.25) is 0 Å². The summed E-state index contributed by atoms with van der Waals surface area (Å²) in [5, 5.41) is 23.7. The maximum absolute atomic E-state index is 10.4. The summed E-state index contributed by atoms with van der Waals surface area (Å²) in [5.74, 6) is 0.924. The molecule has 3 N–H and O–H groups in total. The highest BCUT2D eigenvalue weighted by atomic mass is 16.5. The number of aromatic nitrogens is 5. The molecule has 10 nitrogen and oxygen atoms in total. The second-order valence-electron chi connectivity index (χ2n) is 12.8. The monoisotopic (exact) mass is 566 g/mol. The van der Waals surface area contributed by atoms with Crippen molar-refractivity contribution in [3.8, 4) is 17.0 Å². The highest BCUT2D eigenvalue weighted by Crippen LogP contribution is 2.48. The fraction of sp³-hybridized carbons (Fsp3) is 0.500. The molecule has 4 aliphatic rings. The van der Waals surface area contributed by atoms with Gasteiger partial charge in [-0.1, -0.05) is 12.1 Å². The number of nitrogens with zero attached hydrogens (tertiary/aromatic N) is 6. The highest BCUT2D eigenvalue weighted by molar-refractivity contribution is 5.86. The van der Waals surface area contributed by atoms with Gasteiger partial charge in [0.05, 0.1) is 17.3 Å². The molecule has 3 aliphatic heterocycles. The van der Waals surface area contributed by atoms with Crippen LogP contribution in [0.1, 0.15) is 55.5 Å². The fourth-order valence-electron chi connectivity index (χ4n) is 7.94. The van der Waals surface area contributed by atoms with Crippen LogP contribution in [0.2, 0.25) is 0 Å². The number of methoxy groups -OCH3 is 1. The van der Waals surface area contributed by atoms with Crippen LogP contribution in [0.3, 0.4) is 0 Å². The van der Waals surface area contributed by atoms with E-state index in [4.69, 9.17) is 14.7 Å². The normalized spacial score (nSPS) is 23.5. The van der Waals surface area contributed by atoms with Gasteiger partial charge in [0.2, 0.25) is 5.95 Å². The fourth-order valence-corrected chi connectivity index (χ4v) is 7.94. The third-order valence-electron chi connectivity index (χ3n) is 10.6. The van der Waals surface area contributed by atoms with Crippen LogP contribution in [0.15, 0.2) is 42.7 Å². The van der Waals surface area contributed by atoms with Crippen molar-refractivity contribution < 1.29 is 9.84 Å². The van der Waals surface area contributed by atoms with Crippen LogP contribution in [-0.2, 0) is 16.8 Å². The Morgan fingerprint density at radius 3 is 2.48 bits per heavy atom. The molecule has 8 rings (SSSR count). The lowest BCUT2D eigenvalue weighted by Crippen LogP contribution is -2.66. The molecule has 1 saturated carbocycles. The predicted octanol–water partition coefficient (Wildman–Crippen LogP) is 3.93. The largest absolute Gasteiger partial charge is 0.507 e. The summed E-state index contributed by atoms with van der Waals surface area (Å²) in [4.78, 5) is 18.2. The number of H-pyrrole nitrogens is 1. The second-order valence-corrected chi connectivity index (χ2v) is 12.8. The van der Waals surface area contributed by atoms with E-state index in [0.717, 1.165) is 67.5 Å². The summed E-state index contributed by atoms with van der Waals surface area (Å²) < 4.78 is 6.20. The molecule has 42 heavy (non-hydrogen) atoms. The number of aromatic amines is 1. The smallest absolute Gasteiger partial charge is 0.225 e. The first-order valence-corrected chi connectivity index (χ1v) is 15.2.